The Morgan fingerprint density at radius 1 is 0.781 bits per heavy atom. The Kier molecular flexibility index (Phi) is 10.8. The predicted octanol–water partition coefficient (Wildman–Crippen LogP) is 3.98. The maximum Gasteiger partial charge on any atom is 0.343 e. The van der Waals surface area contributed by atoms with Crippen LogP contribution in [0.1, 0.15) is 40.1 Å². The number of hydrogen-bond donors (Lipinski definition) is 0. The molecule has 8 nitrogen and oxygen atoms in total. The van der Waals surface area contributed by atoms with Crippen LogP contribution >= 0.6 is 12.4 Å². The molecule has 0 amide bonds. The molecule has 0 aliphatic rings. The molecule has 2 rings (SSSR count). The van der Waals surface area contributed by atoms with Gasteiger partial charge >= 0.3 is 11.9 Å². The summed E-state index contributed by atoms with van der Waals surface area (Å²) in [5.41, 5.74) is 1.35. The molecule has 0 N–H and O–H groups in total. The molecule has 0 unspecified atom stereocenters. The average molecular weight is 468 g/mol. The first-order valence-electron chi connectivity index (χ1n) is 9.87. The second kappa shape index (κ2) is 12.8. The van der Waals surface area contributed by atoms with E-state index in [2.05, 4.69) is 18.7 Å². The Bertz CT molecular complexity index is 904. The second-order valence-corrected chi connectivity index (χ2v) is 6.62. The first-order valence-corrected chi connectivity index (χ1v) is 9.87. The summed E-state index contributed by atoms with van der Waals surface area (Å²) >= 11 is 0. The van der Waals surface area contributed by atoms with E-state index in [0.29, 0.717) is 29.4 Å². The summed E-state index contributed by atoms with van der Waals surface area (Å²) in [7, 11) is 5.71. The van der Waals surface area contributed by atoms with Crippen LogP contribution in [0.25, 0.3) is 0 Å². The van der Waals surface area contributed by atoms with E-state index in [1.165, 1.54) is 46.6 Å². The molecule has 2 aromatic rings. The lowest BCUT2D eigenvalue weighted by atomic mass is 10.1. The van der Waals surface area contributed by atoms with Crippen LogP contribution < -0.4 is 18.9 Å². The zero-order chi connectivity index (χ0) is 23.0. The third-order valence-corrected chi connectivity index (χ3v) is 4.80. The summed E-state index contributed by atoms with van der Waals surface area (Å²) in [6.45, 7) is 6.41. The molecule has 0 atom stereocenters. The van der Waals surface area contributed by atoms with Gasteiger partial charge in [0.25, 0.3) is 0 Å². The molecule has 0 aliphatic carbocycles. The number of esters is 2. The van der Waals surface area contributed by atoms with E-state index in [-0.39, 0.29) is 23.7 Å². The zero-order valence-corrected chi connectivity index (χ0v) is 20.0. The lowest BCUT2D eigenvalue weighted by Crippen LogP contribution is -2.22. The molecule has 0 radical (unpaired) electrons. The van der Waals surface area contributed by atoms with Crippen molar-refractivity contribution >= 4 is 24.3 Å². The van der Waals surface area contributed by atoms with Crippen molar-refractivity contribution in [3.63, 3.8) is 0 Å². The third-order valence-electron chi connectivity index (χ3n) is 4.80. The number of hydrogen-bond acceptors (Lipinski definition) is 8. The third kappa shape index (κ3) is 6.51. The van der Waals surface area contributed by atoms with Crippen LogP contribution in [-0.2, 0) is 11.3 Å². The standard InChI is InChI=1S/C23H29NO7.ClH/c1-7-24(8-2)14-15-9-16(22(25)30-6)11-18(10-15)31-23(26)17-12-19(27-3)21(29-5)20(13-17)28-4;/h9-13H,7-8,14H2,1-6H3;1H. The van der Waals surface area contributed by atoms with Gasteiger partial charge in [0.05, 0.1) is 39.6 Å². The summed E-state index contributed by atoms with van der Waals surface area (Å²) in [6.07, 6.45) is 0. The molecule has 0 bridgehead atoms. The largest absolute Gasteiger partial charge is 0.493 e. The zero-order valence-electron chi connectivity index (χ0n) is 19.2. The predicted molar refractivity (Wildman–Crippen MR) is 123 cm³/mol. The van der Waals surface area contributed by atoms with Gasteiger partial charge < -0.3 is 23.7 Å². The molecule has 0 spiro atoms. The minimum Gasteiger partial charge on any atom is -0.493 e. The Morgan fingerprint density at radius 3 is 1.81 bits per heavy atom. The highest BCUT2D eigenvalue weighted by Gasteiger charge is 2.19. The van der Waals surface area contributed by atoms with E-state index in [4.69, 9.17) is 23.7 Å². The van der Waals surface area contributed by atoms with Crippen LogP contribution in [0.5, 0.6) is 23.0 Å². The molecule has 9 heteroatoms. The molecule has 32 heavy (non-hydrogen) atoms. The van der Waals surface area contributed by atoms with E-state index < -0.39 is 11.9 Å². The molecule has 0 saturated heterocycles. The highest BCUT2D eigenvalue weighted by molar-refractivity contribution is 5.94. The molecule has 176 valence electrons. The van der Waals surface area contributed by atoms with Crippen molar-refractivity contribution in [2.45, 2.75) is 20.4 Å². The van der Waals surface area contributed by atoms with Gasteiger partial charge in [0, 0.05) is 6.54 Å². The van der Waals surface area contributed by atoms with Crippen LogP contribution in [0.4, 0.5) is 0 Å². The normalized spacial score (nSPS) is 10.2. The molecular formula is C23H30ClNO7. The first-order chi connectivity index (χ1) is 14.9. The van der Waals surface area contributed by atoms with E-state index in [0.717, 1.165) is 18.7 Å². The van der Waals surface area contributed by atoms with E-state index >= 15 is 0 Å². The van der Waals surface area contributed by atoms with Crippen molar-refractivity contribution < 1.29 is 33.3 Å². The smallest absolute Gasteiger partial charge is 0.343 e. The van der Waals surface area contributed by atoms with Gasteiger partial charge in [-0.15, -0.1) is 12.4 Å². The molecule has 2 aromatic carbocycles. The lowest BCUT2D eigenvalue weighted by Gasteiger charge is -2.19. The van der Waals surface area contributed by atoms with Gasteiger partial charge in [-0.1, -0.05) is 13.8 Å². The number of benzene rings is 2. The highest BCUT2D eigenvalue weighted by Crippen LogP contribution is 2.38. The maximum absolute atomic E-state index is 12.8. The van der Waals surface area contributed by atoms with Crippen molar-refractivity contribution in [2.75, 3.05) is 41.5 Å². The summed E-state index contributed by atoms with van der Waals surface area (Å²) in [4.78, 5) is 27.1. The molecule has 0 saturated carbocycles. The number of halogens is 1. The maximum atomic E-state index is 12.8. The average Bonchev–Trinajstić information content (AvgIpc) is 2.80. The van der Waals surface area contributed by atoms with E-state index in [9.17, 15) is 9.59 Å². The first kappa shape index (κ1) is 27.1. The summed E-state index contributed by atoms with van der Waals surface area (Å²) in [5.74, 6) is 0.139. The Balaban J connectivity index is 0.00000512. The Hall–Kier alpha value is -2.97. The second-order valence-electron chi connectivity index (χ2n) is 6.62. The number of nitrogens with zero attached hydrogens (tertiary/aromatic N) is 1. The van der Waals surface area contributed by atoms with Gasteiger partial charge in [0.1, 0.15) is 5.75 Å². The van der Waals surface area contributed by atoms with Crippen molar-refractivity contribution in [3.8, 4) is 23.0 Å². The molecule has 0 aromatic heterocycles. The van der Waals surface area contributed by atoms with Gasteiger partial charge in [0.2, 0.25) is 5.75 Å². The van der Waals surface area contributed by atoms with E-state index in [1.54, 1.807) is 12.1 Å². The van der Waals surface area contributed by atoms with Gasteiger partial charge in [-0.05, 0) is 49.0 Å². The topological polar surface area (TPSA) is 83.5 Å². The Morgan fingerprint density at radius 2 is 1.34 bits per heavy atom. The number of carbonyl (C=O) groups is 2. The number of methoxy groups -OCH3 is 4. The lowest BCUT2D eigenvalue weighted by molar-refractivity contribution is 0.0597. The summed E-state index contributed by atoms with van der Waals surface area (Å²) < 4.78 is 26.3. The summed E-state index contributed by atoms with van der Waals surface area (Å²) in [6, 6.07) is 7.96. The quantitative estimate of drug-likeness (QED) is 0.383. The number of ether oxygens (including phenoxy) is 5. The minimum atomic E-state index is -0.630. The van der Waals surface area contributed by atoms with Crippen LogP contribution in [0.2, 0.25) is 0 Å². The number of carbonyl (C=O) groups excluding carboxylic acids is 2. The van der Waals surface area contributed by atoms with Gasteiger partial charge in [-0.2, -0.15) is 0 Å². The fraction of sp³-hybridized carbons (Fsp3) is 0.391. The van der Waals surface area contributed by atoms with Gasteiger partial charge in [-0.25, -0.2) is 9.59 Å². The van der Waals surface area contributed by atoms with Crippen molar-refractivity contribution in [1.82, 2.24) is 4.90 Å². The fourth-order valence-electron chi connectivity index (χ4n) is 3.12. The van der Waals surface area contributed by atoms with Crippen molar-refractivity contribution in [2.24, 2.45) is 0 Å². The van der Waals surface area contributed by atoms with Crippen molar-refractivity contribution in [1.29, 1.82) is 0 Å². The highest BCUT2D eigenvalue weighted by atomic mass is 35.5. The minimum absolute atomic E-state index is 0. The number of rotatable bonds is 10. The fourth-order valence-corrected chi connectivity index (χ4v) is 3.12. The van der Waals surface area contributed by atoms with Gasteiger partial charge in [0.15, 0.2) is 11.5 Å². The van der Waals surface area contributed by atoms with Crippen molar-refractivity contribution in [3.05, 3.63) is 47.0 Å². The summed E-state index contributed by atoms with van der Waals surface area (Å²) in [5, 5.41) is 0. The van der Waals surface area contributed by atoms with Crippen LogP contribution in [0.15, 0.2) is 30.3 Å². The Labute approximate surface area is 194 Å². The van der Waals surface area contributed by atoms with Gasteiger partial charge in [-0.3, -0.25) is 4.90 Å². The van der Waals surface area contributed by atoms with E-state index in [1.807, 2.05) is 0 Å². The molecule has 0 aliphatic heterocycles. The SMILES string of the molecule is CCN(CC)Cc1cc(OC(=O)c2cc(OC)c(OC)c(OC)c2)cc(C(=O)OC)c1.Cl. The van der Waals surface area contributed by atoms with Crippen LogP contribution in [0, 0.1) is 0 Å². The molecule has 0 fully saturated rings. The van der Waals surface area contributed by atoms with Crippen LogP contribution in [-0.4, -0.2) is 58.4 Å². The monoisotopic (exact) mass is 467 g/mol. The van der Waals surface area contributed by atoms with Crippen LogP contribution in [0.3, 0.4) is 0 Å². The molecule has 0 heterocycles. The molecular weight excluding hydrogens is 438 g/mol.